The fourth-order valence-electron chi connectivity index (χ4n) is 1.48. The van der Waals surface area contributed by atoms with E-state index >= 15 is 0 Å². The van der Waals surface area contributed by atoms with Gasteiger partial charge in [-0.2, -0.15) is 0 Å². The highest BCUT2D eigenvalue weighted by Crippen LogP contribution is 2.32. The molecule has 132 valence electrons. The van der Waals surface area contributed by atoms with Gasteiger partial charge in [-0.3, -0.25) is 0 Å². The molecular formula is C13H15Cl2N3O6. The minimum atomic E-state index is -2.27. The average molecular weight is 380 g/mol. The van der Waals surface area contributed by atoms with Crippen molar-refractivity contribution >= 4 is 46.8 Å². The lowest BCUT2D eigenvalue weighted by molar-refractivity contribution is -0.165. The minimum absolute atomic E-state index is 0.556. The number of carboxylic acid groups (broad SMARTS) is 2. The Labute approximate surface area is 146 Å². The number of carboxylic acids is 2. The van der Waals surface area contributed by atoms with E-state index in [1.165, 1.54) is 0 Å². The molecule has 1 aliphatic heterocycles. The summed E-state index contributed by atoms with van der Waals surface area (Å²) in [6.45, 7) is 1.75. The molecule has 1 heterocycles. The SMILES string of the molecule is Clc1cccc(Cl)c1N=C1NCCN1.O=C(O)C(O)C(O)C(=O)O. The highest BCUT2D eigenvalue weighted by atomic mass is 35.5. The van der Waals surface area contributed by atoms with Crippen LogP contribution < -0.4 is 10.6 Å². The summed E-state index contributed by atoms with van der Waals surface area (Å²) in [5.41, 5.74) is 0.604. The van der Waals surface area contributed by atoms with Gasteiger partial charge in [-0.25, -0.2) is 14.6 Å². The number of halogens is 2. The van der Waals surface area contributed by atoms with Gasteiger partial charge in [-0.15, -0.1) is 0 Å². The number of hydrogen-bond donors (Lipinski definition) is 6. The molecule has 1 aromatic rings. The van der Waals surface area contributed by atoms with Crippen molar-refractivity contribution in [3.63, 3.8) is 0 Å². The lowest BCUT2D eigenvalue weighted by Crippen LogP contribution is -2.39. The number of aliphatic hydroxyl groups excluding tert-OH is 2. The lowest BCUT2D eigenvalue weighted by Gasteiger charge is -2.07. The van der Waals surface area contributed by atoms with Gasteiger partial charge in [0.25, 0.3) is 0 Å². The quantitative estimate of drug-likeness (QED) is 0.429. The molecule has 0 spiro atoms. The van der Waals surface area contributed by atoms with Crippen molar-refractivity contribution in [1.29, 1.82) is 0 Å². The van der Waals surface area contributed by atoms with Crippen LogP contribution in [0.15, 0.2) is 23.2 Å². The standard InChI is InChI=1S/C9H9Cl2N3.C4H6O6/c10-6-2-1-3-7(11)8(6)14-9-12-4-5-13-9;5-1(3(7)8)2(6)4(9)10/h1-3H,4-5H2,(H2,12,13,14);1-2,5-6H,(H,7,8)(H,9,10). The molecule has 0 aromatic heterocycles. The summed E-state index contributed by atoms with van der Waals surface area (Å²) in [6.07, 6.45) is -4.53. The smallest absolute Gasteiger partial charge is 0.335 e. The highest BCUT2D eigenvalue weighted by molar-refractivity contribution is 6.38. The van der Waals surface area contributed by atoms with Crippen LogP contribution in [-0.2, 0) is 9.59 Å². The topological polar surface area (TPSA) is 151 Å². The number of carbonyl (C=O) groups is 2. The van der Waals surface area contributed by atoms with Crippen molar-refractivity contribution in [2.75, 3.05) is 13.1 Å². The van der Waals surface area contributed by atoms with Crippen LogP contribution in [0.3, 0.4) is 0 Å². The number of hydrogen-bond acceptors (Lipinski definition) is 5. The van der Waals surface area contributed by atoms with Crippen molar-refractivity contribution in [1.82, 2.24) is 10.6 Å². The molecule has 6 N–H and O–H groups in total. The zero-order chi connectivity index (χ0) is 18.3. The summed E-state index contributed by atoms with van der Waals surface area (Å²) in [4.78, 5) is 23.8. The van der Waals surface area contributed by atoms with E-state index in [1.807, 2.05) is 0 Å². The van der Waals surface area contributed by atoms with Gasteiger partial charge in [0, 0.05) is 13.1 Å². The number of guanidine groups is 1. The first kappa shape index (κ1) is 20.0. The number of aliphatic hydroxyl groups is 2. The molecule has 9 nitrogen and oxygen atoms in total. The molecular weight excluding hydrogens is 365 g/mol. The van der Waals surface area contributed by atoms with Crippen LogP contribution in [0.4, 0.5) is 5.69 Å². The molecule has 0 saturated carbocycles. The van der Waals surface area contributed by atoms with Crippen molar-refractivity contribution in [2.45, 2.75) is 12.2 Å². The van der Waals surface area contributed by atoms with Gasteiger partial charge < -0.3 is 31.1 Å². The molecule has 0 bridgehead atoms. The van der Waals surface area contributed by atoms with Gasteiger partial charge >= 0.3 is 11.9 Å². The third-order valence-electron chi connectivity index (χ3n) is 2.68. The number of para-hydroxylation sites is 1. The summed E-state index contributed by atoms with van der Waals surface area (Å²) in [6, 6.07) is 5.33. The lowest BCUT2D eigenvalue weighted by atomic mass is 10.2. The average Bonchev–Trinajstić information content (AvgIpc) is 3.03. The van der Waals surface area contributed by atoms with E-state index in [9.17, 15) is 9.59 Å². The number of aliphatic imine (C=N–C) groups is 1. The third-order valence-corrected chi connectivity index (χ3v) is 3.29. The second-order valence-corrected chi connectivity index (χ2v) is 5.26. The summed E-state index contributed by atoms with van der Waals surface area (Å²) in [7, 11) is 0. The summed E-state index contributed by atoms with van der Waals surface area (Å²) in [5, 5.41) is 39.8. The van der Waals surface area contributed by atoms with Gasteiger partial charge in [0.15, 0.2) is 18.2 Å². The van der Waals surface area contributed by atoms with Crippen LogP contribution in [0, 0.1) is 0 Å². The maximum absolute atomic E-state index is 9.77. The van der Waals surface area contributed by atoms with E-state index in [0.29, 0.717) is 15.7 Å². The Morgan fingerprint density at radius 3 is 1.79 bits per heavy atom. The molecule has 2 rings (SSSR count). The van der Waals surface area contributed by atoms with Gasteiger partial charge in [0.05, 0.1) is 10.0 Å². The predicted octanol–water partition coefficient (Wildman–Crippen LogP) is 0.0511. The maximum atomic E-state index is 9.77. The van der Waals surface area contributed by atoms with Crippen molar-refractivity contribution < 1.29 is 30.0 Å². The summed E-state index contributed by atoms with van der Waals surface area (Å²) < 4.78 is 0. The first-order valence-electron chi connectivity index (χ1n) is 6.56. The Kier molecular flexibility index (Phi) is 7.72. The molecule has 2 unspecified atom stereocenters. The second kappa shape index (κ2) is 9.28. The normalized spacial score (nSPS) is 15.2. The Bertz CT molecular complexity index is 594. The van der Waals surface area contributed by atoms with Crippen LogP contribution in [0.1, 0.15) is 0 Å². The van der Waals surface area contributed by atoms with E-state index < -0.39 is 24.1 Å². The number of nitrogens with one attached hydrogen (secondary N) is 2. The second-order valence-electron chi connectivity index (χ2n) is 4.45. The van der Waals surface area contributed by atoms with E-state index in [1.54, 1.807) is 18.2 Å². The number of aliphatic carboxylic acids is 2. The van der Waals surface area contributed by atoms with Crippen LogP contribution in [0.25, 0.3) is 0 Å². The summed E-state index contributed by atoms with van der Waals surface area (Å²) >= 11 is 11.9. The maximum Gasteiger partial charge on any atom is 0.335 e. The van der Waals surface area contributed by atoms with Gasteiger partial charge in [0.1, 0.15) is 5.69 Å². The third kappa shape index (κ3) is 5.85. The zero-order valence-corrected chi connectivity index (χ0v) is 13.6. The highest BCUT2D eigenvalue weighted by Gasteiger charge is 2.29. The molecule has 11 heteroatoms. The molecule has 2 atom stereocenters. The molecule has 0 amide bonds. The Morgan fingerprint density at radius 1 is 1.00 bits per heavy atom. The largest absolute Gasteiger partial charge is 0.479 e. The molecule has 1 aromatic carbocycles. The van der Waals surface area contributed by atoms with Crippen molar-refractivity contribution in [3.05, 3.63) is 28.2 Å². The molecule has 1 aliphatic rings. The Balaban J connectivity index is 0.000000257. The fourth-order valence-corrected chi connectivity index (χ4v) is 1.96. The van der Waals surface area contributed by atoms with Crippen LogP contribution >= 0.6 is 23.2 Å². The van der Waals surface area contributed by atoms with Crippen LogP contribution in [0.5, 0.6) is 0 Å². The van der Waals surface area contributed by atoms with Gasteiger partial charge in [-0.05, 0) is 12.1 Å². The molecule has 1 fully saturated rings. The minimum Gasteiger partial charge on any atom is -0.479 e. The van der Waals surface area contributed by atoms with Gasteiger partial charge in [0.2, 0.25) is 0 Å². The zero-order valence-electron chi connectivity index (χ0n) is 12.1. The monoisotopic (exact) mass is 379 g/mol. The first-order chi connectivity index (χ1) is 11.2. The Morgan fingerprint density at radius 2 is 1.42 bits per heavy atom. The van der Waals surface area contributed by atoms with E-state index in [2.05, 4.69) is 15.6 Å². The van der Waals surface area contributed by atoms with Gasteiger partial charge in [-0.1, -0.05) is 29.3 Å². The van der Waals surface area contributed by atoms with Crippen LogP contribution in [0.2, 0.25) is 10.0 Å². The van der Waals surface area contributed by atoms with Crippen molar-refractivity contribution in [3.8, 4) is 0 Å². The molecule has 24 heavy (non-hydrogen) atoms. The van der Waals surface area contributed by atoms with Crippen LogP contribution in [-0.4, -0.2) is 63.6 Å². The molecule has 1 saturated heterocycles. The predicted molar refractivity (Wildman–Crippen MR) is 86.8 cm³/mol. The number of nitrogens with zero attached hydrogens (tertiary/aromatic N) is 1. The first-order valence-corrected chi connectivity index (χ1v) is 7.31. The molecule has 0 aliphatic carbocycles. The van der Waals surface area contributed by atoms with E-state index in [0.717, 1.165) is 19.0 Å². The van der Waals surface area contributed by atoms with E-state index in [-0.39, 0.29) is 0 Å². The molecule has 0 radical (unpaired) electrons. The summed E-state index contributed by atoms with van der Waals surface area (Å²) in [5.74, 6) is -2.81. The fraction of sp³-hybridized carbons (Fsp3) is 0.308. The number of rotatable bonds is 4. The van der Waals surface area contributed by atoms with E-state index in [4.69, 9.17) is 43.6 Å². The Hall–Kier alpha value is -2.07. The number of benzene rings is 1. The van der Waals surface area contributed by atoms with Crippen molar-refractivity contribution in [2.24, 2.45) is 4.99 Å².